The number of carbonyl (C=O) groups excluding carboxylic acids is 1. The van der Waals surface area contributed by atoms with Crippen LogP contribution in [-0.2, 0) is 19.1 Å². The molecule has 0 aliphatic rings. The Hall–Kier alpha value is -1.36. The SMILES string of the molecule is CC(=O)OS(=O)(=O)c1c(C)cc(C)cc1C. The first-order chi connectivity index (χ1) is 7.24. The van der Waals surface area contributed by atoms with Crippen LogP contribution in [0.25, 0.3) is 0 Å². The van der Waals surface area contributed by atoms with E-state index in [1.165, 1.54) is 0 Å². The highest BCUT2D eigenvalue weighted by Crippen LogP contribution is 2.23. The Morgan fingerprint density at radius 1 is 1.12 bits per heavy atom. The van der Waals surface area contributed by atoms with Gasteiger partial charge in [0.15, 0.2) is 0 Å². The van der Waals surface area contributed by atoms with Gasteiger partial charge >= 0.3 is 16.1 Å². The highest BCUT2D eigenvalue weighted by atomic mass is 32.2. The minimum Gasteiger partial charge on any atom is -0.343 e. The van der Waals surface area contributed by atoms with E-state index >= 15 is 0 Å². The molecule has 0 unspecified atom stereocenters. The molecular weight excluding hydrogens is 228 g/mol. The van der Waals surface area contributed by atoms with Crippen LogP contribution in [0.4, 0.5) is 0 Å². The van der Waals surface area contributed by atoms with Crippen molar-refractivity contribution in [3.8, 4) is 0 Å². The van der Waals surface area contributed by atoms with Crippen LogP contribution in [0.2, 0.25) is 0 Å². The Bertz CT molecular complexity index is 506. The predicted molar refractivity (Wildman–Crippen MR) is 59.6 cm³/mol. The van der Waals surface area contributed by atoms with Gasteiger partial charge in [0, 0.05) is 6.92 Å². The van der Waals surface area contributed by atoms with Gasteiger partial charge < -0.3 is 4.18 Å². The van der Waals surface area contributed by atoms with Crippen molar-refractivity contribution < 1.29 is 17.4 Å². The second-order valence-electron chi connectivity index (χ2n) is 3.76. The quantitative estimate of drug-likeness (QED) is 0.743. The van der Waals surface area contributed by atoms with E-state index in [-0.39, 0.29) is 4.90 Å². The number of hydrogen-bond donors (Lipinski definition) is 0. The van der Waals surface area contributed by atoms with Gasteiger partial charge in [0.25, 0.3) is 0 Å². The van der Waals surface area contributed by atoms with E-state index in [0.717, 1.165) is 12.5 Å². The summed E-state index contributed by atoms with van der Waals surface area (Å²) in [6.45, 7) is 6.30. The molecule has 0 aliphatic carbocycles. The summed E-state index contributed by atoms with van der Waals surface area (Å²) in [4.78, 5) is 10.8. The molecule has 0 saturated heterocycles. The Kier molecular flexibility index (Phi) is 3.38. The Morgan fingerprint density at radius 2 is 1.56 bits per heavy atom. The first-order valence-corrected chi connectivity index (χ1v) is 6.18. The molecule has 1 aromatic rings. The summed E-state index contributed by atoms with van der Waals surface area (Å²) in [6, 6.07) is 3.48. The minimum absolute atomic E-state index is 0.0771. The Morgan fingerprint density at radius 3 is 1.94 bits per heavy atom. The van der Waals surface area contributed by atoms with Crippen molar-refractivity contribution in [2.24, 2.45) is 0 Å². The zero-order valence-corrected chi connectivity index (χ0v) is 10.5. The lowest BCUT2D eigenvalue weighted by atomic mass is 10.1. The van der Waals surface area contributed by atoms with E-state index < -0.39 is 16.1 Å². The van der Waals surface area contributed by atoms with Crippen LogP contribution in [0.3, 0.4) is 0 Å². The molecule has 1 aromatic carbocycles. The van der Waals surface area contributed by atoms with Crippen LogP contribution < -0.4 is 0 Å². The second kappa shape index (κ2) is 4.25. The van der Waals surface area contributed by atoms with E-state index in [4.69, 9.17) is 0 Å². The van der Waals surface area contributed by atoms with Crippen LogP contribution in [0, 0.1) is 20.8 Å². The molecule has 4 nitrogen and oxygen atoms in total. The number of rotatable bonds is 2. The van der Waals surface area contributed by atoms with E-state index in [1.54, 1.807) is 26.0 Å². The monoisotopic (exact) mass is 242 g/mol. The van der Waals surface area contributed by atoms with Crippen molar-refractivity contribution >= 4 is 16.1 Å². The summed E-state index contributed by atoms with van der Waals surface area (Å²) in [5.41, 5.74) is 2.13. The van der Waals surface area contributed by atoms with E-state index in [0.29, 0.717) is 11.1 Å². The Balaban J connectivity index is 3.39. The molecule has 16 heavy (non-hydrogen) atoms. The fourth-order valence-corrected chi connectivity index (χ4v) is 3.06. The highest BCUT2D eigenvalue weighted by Gasteiger charge is 2.22. The lowest BCUT2D eigenvalue weighted by molar-refractivity contribution is -0.131. The molecule has 0 fully saturated rings. The molecule has 0 N–H and O–H groups in total. The number of benzene rings is 1. The van der Waals surface area contributed by atoms with Gasteiger partial charge in [-0.2, -0.15) is 8.42 Å². The summed E-state index contributed by atoms with van der Waals surface area (Å²) in [5.74, 6) is -0.834. The smallest absolute Gasteiger partial charge is 0.342 e. The van der Waals surface area contributed by atoms with E-state index in [9.17, 15) is 13.2 Å². The Labute approximate surface area is 95.4 Å². The van der Waals surface area contributed by atoms with Gasteiger partial charge in [-0.05, 0) is 31.9 Å². The van der Waals surface area contributed by atoms with Crippen molar-refractivity contribution in [3.63, 3.8) is 0 Å². The fourth-order valence-electron chi connectivity index (χ4n) is 1.76. The third-order valence-corrected chi connectivity index (χ3v) is 3.68. The van der Waals surface area contributed by atoms with E-state index in [2.05, 4.69) is 4.18 Å². The lowest BCUT2D eigenvalue weighted by Crippen LogP contribution is -2.13. The maximum Gasteiger partial charge on any atom is 0.342 e. The molecule has 0 bridgehead atoms. The van der Waals surface area contributed by atoms with Crippen molar-refractivity contribution in [1.82, 2.24) is 0 Å². The standard InChI is InChI=1S/C11H14O4S/c1-7-5-8(2)11(9(3)6-7)16(13,14)15-10(4)12/h5-6H,1-4H3. The van der Waals surface area contributed by atoms with Crippen molar-refractivity contribution in [2.45, 2.75) is 32.6 Å². The van der Waals surface area contributed by atoms with Crippen LogP contribution in [0.1, 0.15) is 23.6 Å². The van der Waals surface area contributed by atoms with Gasteiger partial charge in [-0.3, -0.25) is 4.79 Å². The summed E-state index contributed by atoms with van der Waals surface area (Å²) in [6.07, 6.45) is 0. The van der Waals surface area contributed by atoms with Crippen molar-refractivity contribution in [1.29, 1.82) is 0 Å². The molecule has 0 amide bonds. The normalized spacial score (nSPS) is 11.2. The van der Waals surface area contributed by atoms with Crippen LogP contribution in [0.5, 0.6) is 0 Å². The third-order valence-electron chi connectivity index (χ3n) is 2.08. The van der Waals surface area contributed by atoms with Gasteiger partial charge in [0.1, 0.15) is 4.90 Å². The van der Waals surface area contributed by atoms with Gasteiger partial charge in [0.05, 0.1) is 0 Å². The first-order valence-electron chi connectivity index (χ1n) is 4.77. The van der Waals surface area contributed by atoms with Gasteiger partial charge in [-0.25, -0.2) is 0 Å². The van der Waals surface area contributed by atoms with Gasteiger partial charge in [-0.1, -0.05) is 17.7 Å². The molecule has 0 aliphatic heterocycles. The maximum atomic E-state index is 11.8. The number of carbonyl (C=O) groups is 1. The third kappa shape index (κ3) is 2.61. The topological polar surface area (TPSA) is 60.4 Å². The number of aryl methyl sites for hydroxylation is 3. The molecule has 0 aromatic heterocycles. The molecular formula is C11H14O4S. The largest absolute Gasteiger partial charge is 0.343 e. The molecule has 0 heterocycles. The molecule has 0 saturated carbocycles. The molecule has 0 atom stereocenters. The summed E-state index contributed by atoms with van der Waals surface area (Å²) < 4.78 is 27.9. The summed E-state index contributed by atoms with van der Waals surface area (Å²) >= 11 is 0. The fraction of sp³-hybridized carbons (Fsp3) is 0.364. The predicted octanol–water partition coefficient (Wildman–Crippen LogP) is 1.86. The average Bonchev–Trinajstić information content (AvgIpc) is 1.96. The second-order valence-corrected chi connectivity index (χ2v) is 5.24. The average molecular weight is 242 g/mol. The lowest BCUT2D eigenvalue weighted by Gasteiger charge is -2.10. The van der Waals surface area contributed by atoms with Crippen LogP contribution in [-0.4, -0.2) is 14.4 Å². The van der Waals surface area contributed by atoms with Gasteiger partial charge in [-0.15, -0.1) is 0 Å². The van der Waals surface area contributed by atoms with Gasteiger partial charge in [0.2, 0.25) is 0 Å². The van der Waals surface area contributed by atoms with Crippen molar-refractivity contribution in [3.05, 3.63) is 28.8 Å². The molecule has 0 spiro atoms. The zero-order valence-electron chi connectivity index (χ0n) is 9.70. The highest BCUT2D eigenvalue weighted by molar-refractivity contribution is 7.87. The summed E-state index contributed by atoms with van der Waals surface area (Å²) in [5, 5.41) is 0. The first kappa shape index (κ1) is 12.7. The zero-order chi connectivity index (χ0) is 12.5. The summed E-state index contributed by atoms with van der Waals surface area (Å²) in [7, 11) is -3.99. The minimum atomic E-state index is -3.99. The van der Waals surface area contributed by atoms with Crippen molar-refractivity contribution in [2.75, 3.05) is 0 Å². The molecule has 88 valence electrons. The van der Waals surface area contributed by atoms with Crippen LogP contribution >= 0.6 is 0 Å². The van der Waals surface area contributed by atoms with E-state index in [1.807, 2.05) is 6.92 Å². The molecule has 1 rings (SSSR count). The molecule has 5 heteroatoms. The number of hydrogen-bond acceptors (Lipinski definition) is 4. The maximum absolute atomic E-state index is 11.8. The van der Waals surface area contributed by atoms with Crippen LogP contribution in [0.15, 0.2) is 17.0 Å². The molecule has 0 radical (unpaired) electrons.